The van der Waals surface area contributed by atoms with E-state index in [0.717, 1.165) is 30.9 Å². The number of likely N-dealkylation sites (N-methyl/N-ethyl adjacent to an activating group) is 1. The number of halogens is 1. The summed E-state index contributed by atoms with van der Waals surface area (Å²) in [6, 6.07) is 6.31. The Labute approximate surface area is 151 Å². The number of imidazole rings is 1. The number of aromatic nitrogens is 2. The average Bonchev–Trinajstić information content (AvgIpc) is 2.97. The smallest absolute Gasteiger partial charge is 0.258 e. The van der Waals surface area contributed by atoms with E-state index in [-0.39, 0.29) is 23.7 Å². The fourth-order valence-electron chi connectivity index (χ4n) is 3.62. The van der Waals surface area contributed by atoms with E-state index >= 15 is 0 Å². The molecule has 0 atom stereocenters. The van der Waals surface area contributed by atoms with E-state index in [1.54, 1.807) is 18.2 Å². The van der Waals surface area contributed by atoms with Crippen LogP contribution in [0.15, 0.2) is 30.0 Å². The zero-order valence-electron chi connectivity index (χ0n) is 14.6. The quantitative estimate of drug-likeness (QED) is 0.883. The molecule has 3 heterocycles. The zero-order valence-corrected chi connectivity index (χ0v) is 14.6. The van der Waals surface area contributed by atoms with Crippen LogP contribution in [0.5, 0.6) is 0 Å². The van der Waals surface area contributed by atoms with E-state index in [1.807, 2.05) is 11.6 Å². The normalized spacial score (nSPS) is 17.0. The van der Waals surface area contributed by atoms with Crippen molar-refractivity contribution in [3.05, 3.63) is 58.6 Å². The molecular weight excluding hydrogens is 335 g/mol. The number of hydrogen-bond donors (Lipinski definition) is 2. The molecule has 0 spiro atoms. The SMILES string of the molecule is CN1CCc2c(nc3n2CCC(O)=C3C(=O)NCc2ccccc2F)C1. The van der Waals surface area contributed by atoms with Crippen LogP contribution >= 0.6 is 0 Å². The predicted octanol–water partition coefficient (Wildman–Crippen LogP) is 2.00. The minimum absolute atomic E-state index is 0.0410. The first-order valence-electron chi connectivity index (χ1n) is 8.75. The Morgan fingerprint density at radius 3 is 2.92 bits per heavy atom. The van der Waals surface area contributed by atoms with Crippen LogP contribution in [0.1, 0.15) is 29.2 Å². The van der Waals surface area contributed by atoms with Gasteiger partial charge in [-0.05, 0) is 13.1 Å². The second kappa shape index (κ2) is 6.57. The van der Waals surface area contributed by atoms with E-state index in [0.29, 0.717) is 24.4 Å². The van der Waals surface area contributed by atoms with Crippen molar-refractivity contribution >= 4 is 11.5 Å². The van der Waals surface area contributed by atoms with Gasteiger partial charge in [-0.15, -0.1) is 0 Å². The fraction of sp³-hybridized carbons (Fsp3) is 0.368. The highest BCUT2D eigenvalue weighted by molar-refractivity contribution is 6.19. The van der Waals surface area contributed by atoms with Gasteiger partial charge in [-0.1, -0.05) is 18.2 Å². The number of amides is 1. The molecule has 1 amide bonds. The number of allylic oxidation sites excluding steroid dienone is 1. The number of aliphatic hydroxyl groups excluding tert-OH is 1. The van der Waals surface area contributed by atoms with Gasteiger partial charge in [0.05, 0.1) is 5.69 Å². The number of carbonyl (C=O) groups is 1. The first-order valence-corrected chi connectivity index (χ1v) is 8.75. The maximum absolute atomic E-state index is 13.8. The molecule has 0 aliphatic carbocycles. The molecule has 7 heteroatoms. The Morgan fingerprint density at radius 2 is 2.12 bits per heavy atom. The number of rotatable bonds is 3. The highest BCUT2D eigenvalue weighted by Gasteiger charge is 2.31. The van der Waals surface area contributed by atoms with Crippen molar-refractivity contribution in [2.75, 3.05) is 13.6 Å². The number of nitrogens with one attached hydrogen (secondary N) is 1. The standard InChI is InChI=1S/C19H21FN4O2/c1-23-8-6-15-14(11-23)22-18-17(16(25)7-9-24(15)18)19(26)21-10-12-4-2-3-5-13(12)20/h2-5,25H,6-11H2,1H3,(H,21,26). The molecule has 0 saturated carbocycles. The minimum atomic E-state index is -0.428. The van der Waals surface area contributed by atoms with Gasteiger partial charge in [-0.3, -0.25) is 4.79 Å². The van der Waals surface area contributed by atoms with E-state index in [2.05, 4.69) is 15.2 Å². The number of fused-ring (bicyclic) bond motifs is 3. The number of aliphatic hydroxyl groups is 1. The Balaban J connectivity index is 1.60. The third kappa shape index (κ3) is 2.88. The topological polar surface area (TPSA) is 70.4 Å². The molecule has 6 nitrogen and oxygen atoms in total. The largest absolute Gasteiger partial charge is 0.511 e. The van der Waals surface area contributed by atoms with Gasteiger partial charge in [-0.25, -0.2) is 9.37 Å². The van der Waals surface area contributed by atoms with Crippen LogP contribution in [0.2, 0.25) is 0 Å². The number of benzene rings is 1. The molecule has 0 saturated heterocycles. The second-order valence-corrected chi connectivity index (χ2v) is 6.81. The lowest BCUT2D eigenvalue weighted by atomic mass is 10.1. The Kier molecular flexibility index (Phi) is 4.24. The molecule has 26 heavy (non-hydrogen) atoms. The maximum Gasteiger partial charge on any atom is 0.258 e. The third-order valence-corrected chi connectivity index (χ3v) is 5.01. The van der Waals surface area contributed by atoms with Gasteiger partial charge < -0.3 is 19.9 Å². The third-order valence-electron chi connectivity index (χ3n) is 5.01. The van der Waals surface area contributed by atoms with Crippen molar-refractivity contribution in [2.45, 2.75) is 32.5 Å². The molecule has 2 aromatic rings. The van der Waals surface area contributed by atoms with Crippen LogP contribution in [0.3, 0.4) is 0 Å². The van der Waals surface area contributed by atoms with Crippen molar-refractivity contribution < 1.29 is 14.3 Å². The lowest BCUT2D eigenvalue weighted by Gasteiger charge is -2.24. The number of carbonyl (C=O) groups excluding carboxylic acids is 1. The van der Waals surface area contributed by atoms with E-state index in [1.165, 1.54) is 6.07 Å². The molecule has 1 aromatic heterocycles. The van der Waals surface area contributed by atoms with E-state index < -0.39 is 5.91 Å². The lowest BCUT2D eigenvalue weighted by molar-refractivity contribution is -0.116. The summed E-state index contributed by atoms with van der Waals surface area (Å²) in [6.45, 7) is 2.37. The molecule has 1 aromatic carbocycles. The summed E-state index contributed by atoms with van der Waals surface area (Å²) in [5, 5.41) is 13.0. The van der Waals surface area contributed by atoms with Crippen LogP contribution in [0.25, 0.3) is 5.57 Å². The van der Waals surface area contributed by atoms with Crippen molar-refractivity contribution in [3.63, 3.8) is 0 Å². The van der Waals surface area contributed by atoms with Crippen LogP contribution in [-0.4, -0.2) is 39.1 Å². The van der Waals surface area contributed by atoms with Crippen LogP contribution < -0.4 is 5.32 Å². The molecule has 4 rings (SSSR count). The van der Waals surface area contributed by atoms with Crippen LogP contribution in [-0.2, 0) is 30.8 Å². The highest BCUT2D eigenvalue weighted by Crippen LogP contribution is 2.30. The van der Waals surface area contributed by atoms with Crippen molar-refractivity contribution in [1.29, 1.82) is 0 Å². The van der Waals surface area contributed by atoms with Gasteiger partial charge in [0.15, 0.2) is 0 Å². The molecule has 0 radical (unpaired) electrons. The minimum Gasteiger partial charge on any atom is -0.511 e. The van der Waals surface area contributed by atoms with Crippen molar-refractivity contribution in [1.82, 2.24) is 19.8 Å². The van der Waals surface area contributed by atoms with Gasteiger partial charge >= 0.3 is 0 Å². The van der Waals surface area contributed by atoms with Crippen LogP contribution in [0, 0.1) is 5.82 Å². The van der Waals surface area contributed by atoms with Crippen LogP contribution in [0.4, 0.5) is 4.39 Å². The van der Waals surface area contributed by atoms with Gasteiger partial charge in [0.25, 0.3) is 5.91 Å². The summed E-state index contributed by atoms with van der Waals surface area (Å²) in [7, 11) is 2.04. The molecule has 0 unspecified atom stereocenters. The van der Waals surface area contributed by atoms with Gasteiger partial charge in [-0.2, -0.15) is 0 Å². The number of nitrogens with zero attached hydrogens (tertiary/aromatic N) is 3. The summed E-state index contributed by atoms with van der Waals surface area (Å²) in [5.41, 5.74) is 2.71. The lowest BCUT2D eigenvalue weighted by Crippen LogP contribution is -2.29. The Morgan fingerprint density at radius 1 is 1.31 bits per heavy atom. The highest BCUT2D eigenvalue weighted by atomic mass is 19.1. The summed E-state index contributed by atoms with van der Waals surface area (Å²) in [5.74, 6) is -0.239. The van der Waals surface area contributed by atoms with Gasteiger partial charge in [0.1, 0.15) is 23.0 Å². The first kappa shape index (κ1) is 16.8. The molecule has 2 aliphatic rings. The maximum atomic E-state index is 13.8. The first-order chi connectivity index (χ1) is 12.5. The molecule has 136 valence electrons. The van der Waals surface area contributed by atoms with E-state index in [4.69, 9.17) is 0 Å². The summed E-state index contributed by atoms with van der Waals surface area (Å²) in [4.78, 5) is 19.5. The molecular formula is C19H21FN4O2. The molecule has 0 fully saturated rings. The molecule has 0 bridgehead atoms. The predicted molar refractivity (Wildman–Crippen MR) is 94.7 cm³/mol. The zero-order chi connectivity index (χ0) is 18.3. The average molecular weight is 356 g/mol. The van der Waals surface area contributed by atoms with Gasteiger partial charge in [0.2, 0.25) is 0 Å². The van der Waals surface area contributed by atoms with Gasteiger partial charge in [0, 0.05) is 50.3 Å². The molecule has 2 aliphatic heterocycles. The monoisotopic (exact) mass is 356 g/mol. The van der Waals surface area contributed by atoms with Crippen molar-refractivity contribution in [3.8, 4) is 0 Å². The van der Waals surface area contributed by atoms with E-state index in [9.17, 15) is 14.3 Å². The summed E-state index contributed by atoms with van der Waals surface area (Å²) < 4.78 is 15.8. The summed E-state index contributed by atoms with van der Waals surface area (Å²) in [6.07, 6.45) is 1.28. The number of hydrogen-bond acceptors (Lipinski definition) is 4. The summed E-state index contributed by atoms with van der Waals surface area (Å²) >= 11 is 0. The molecule has 2 N–H and O–H groups in total. The second-order valence-electron chi connectivity index (χ2n) is 6.81. The van der Waals surface area contributed by atoms with Crippen molar-refractivity contribution in [2.24, 2.45) is 0 Å². The Hall–Kier alpha value is -2.67. The fourth-order valence-corrected chi connectivity index (χ4v) is 3.62. The Bertz CT molecular complexity index is 903.